The highest BCUT2D eigenvalue weighted by Gasteiger charge is 2.60. The van der Waals surface area contributed by atoms with E-state index in [9.17, 15) is 5.11 Å². The third-order valence-corrected chi connectivity index (χ3v) is 7.46. The summed E-state index contributed by atoms with van der Waals surface area (Å²) in [4.78, 5) is 0. The first-order valence-corrected chi connectivity index (χ1v) is 9.03. The molecule has 1 aromatic rings. The molecule has 0 aliphatic heterocycles. The van der Waals surface area contributed by atoms with Crippen molar-refractivity contribution in [3.05, 3.63) is 24.2 Å². The largest absolute Gasteiger partial charge is 0.472 e. The number of fused-ring (bicyclic) bond motifs is 1. The fraction of sp³-hybridized carbons (Fsp3) is 0.800. The Labute approximate surface area is 135 Å². The number of furan rings is 1. The van der Waals surface area contributed by atoms with Gasteiger partial charge in [-0.1, -0.05) is 34.1 Å². The number of hydrogen-bond donors (Lipinski definition) is 1. The molecule has 3 rings (SSSR count). The molecule has 22 heavy (non-hydrogen) atoms. The maximum atomic E-state index is 11.6. The van der Waals surface area contributed by atoms with Crippen molar-refractivity contribution in [2.24, 2.45) is 22.7 Å². The van der Waals surface area contributed by atoms with Crippen LogP contribution in [0, 0.1) is 22.7 Å². The van der Waals surface area contributed by atoms with Crippen LogP contribution in [0.1, 0.15) is 71.8 Å². The molecule has 2 fully saturated rings. The van der Waals surface area contributed by atoms with Crippen LogP contribution < -0.4 is 0 Å². The van der Waals surface area contributed by atoms with Crippen LogP contribution >= 0.6 is 0 Å². The Morgan fingerprint density at radius 2 is 2.00 bits per heavy atom. The van der Waals surface area contributed by atoms with E-state index in [1.54, 1.807) is 6.26 Å². The minimum Gasteiger partial charge on any atom is -0.472 e. The van der Waals surface area contributed by atoms with Crippen LogP contribution in [-0.2, 0) is 6.42 Å². The van der Waals surface area contributed by atoms with Crippen molar-refractivity contribution < 1.29 is 9.52 Å². The number of hydrogen-bond acceptors (Lipinski definition) is 2. The summed E-state index contributed by atoms with van der Waals surface area (Å²) in [5.41, 5.74) is 1.08. The molecule has 0 radical (unpaired) electrons. The molecule has 2 nitrogen and oxygen atoms in total. The van der Waals surface area contributed by atoms with Gasteiger partial charge >= 0.3 is 0 Å². The quantitative estimate of drug-likeness (QED) is 0.832. The van der Waals surface area contributed by atoms with Crippen LogP contribution in [0.4, 0.5) is 0 Å². The van der Waals surface area contributed by atoms with Gasteiger partial charge in [0.1, 0.15) is 0 Å². The van der Waals surface area contributed by atoms with Gasteiger partial charge < -0.3 is 9.52 Å². The SMILES string of the molecule is C[C@H]1CC[C@@]2(O)[C@@H](CCCC2(C)C)[C@@]1(C)CCc1ccoc1. The monoisotopic (exact) mass is 304 g/mol. The molecule has 2 aliphatic carbocycles. The van der Waals surface area contributed by atoms with E-state index in [1.165, 1.54) is 18.4 Å². The molecule has 0 aromatic carbocycles. The van der Waals surface area contributed by atoms with Gasteiger partial charge in [-0.2, -0.15) is 0 Å². The van der Waals surface area contributed by atoms with Gasteiger partial charge in [0, 0.05) is 0 Å². The van der Waals surface area contributed by atoms with Crippen molar-refractivity contribution in [3.63, 3.8) is 0 Å². The maximum absolute atomic E-state index is 11.6. The normalized spacial score (nSPS) is 41.1. The fourth-order valence-electron chi connectivity index (χ4n) is 5.44. The minimum atomic E-state index is -0.483. The molecule has 1 heterocycles. The topological polar surface area (TPSA) is 33.4 Å². The predicted molar refractivity (Wildman–Crippen MR) is 89.6 cm³/mol. The van der Waals surface area contributed by atoms with E-state index < -0.39 is 5.60 Å². The van der Waals surface area contributed by atoms with Crippen molar-refractivity contribution in [1.29, 1.82) is 0 Å². The second-order valence-corrected chi connectivity index (χ2v) is 8.83. The van der Waals surface area contributed by atoms with Crippen molar-refractivity contribution in [2.45, 2.75) is 78.2 Å². The van der Waals surface area contributed by atoms with Crippen LogP contribution in [0.2, 0.25) is 0 Å². The summed E-state index contributed by atoms with van der Waals surface area (Å²) in [6.45, 7) is 9.40. The standard InChI is InChI=1S/C20H32O2/c1-15-7-12-20(21)17(6-5-10-18(20,2)3)19(15,4)11-8-16-9-13-22-14-16/h9,13-15,17,21H,5-8,10-12H2,1-4H3/t15-,17-,19-,20+/m0/s1. The van der Waals surface area contributed by atoms with Crippen LogP contribution in [0.25, 0.3) is 0 Å². The van der Waals surface area contributed by atoms with Crippen molar-refractivity contribution in [3.8, 4) is 0 Å². The van der Waals surface area contributed by atoms with E-state index >= 15 is 0 Å². The van der Waals surface area contributed by atoms with Crippen molar-refractivity contribution in [2.75, 3.05) is 0 Å². The molecule has 1 aromatic heterocycles. The van der Waals surface area contributed by atoms with Gasteiger partial charge in [0.15, 0.2) is 0 Å². The van der Waals surface area contributed by atoms with E-state index in [4.69, 9.17) is 4.42 Å². The molecule has 1 N–H and O–H groups in total. The van der Waals surface area contributed by atoms with E-state index in [2.05, 4.69) is 33.8 Å². The fourth-order valence-corrected chi connectivity index (χ4v) is 5.44. The number of aryl methyl sites for hydroxylation is 1. The lowest BCUT2D eigenvalue weighted by Crippen LogP contribution is -2.62. The zero-order valence-corrected chi connectivity index (χ0v) is 14.7. The average molecular weight is 304 g/mol. The van der Waals surface area contributed by atoms with Crippen LogP contribution in [0.5, 0.6) is 0 Å². The summed E-state index contributed by atoms with van der Waals surface area (Å²) in [7, 11) is 0. The lowest BCUT2D eigenvalue weighted by atomic mass is 9.45. The molecular weight excluding hydrogens is 272 g/mol. The molecule has 2 saturated carbocycles. The Hall–Kier alpha value is -0.760. The molecule has 0 amide bonds. The van der Waals surface area contributed by atoms with E-state index in [0.29, 0.717) is 11.8 Å². The summed E-state index contributed by atoms with van der Waals surface area (Å²) in [6, 6.07) is 2.08. The maximum Gasteiger partial charge on any atom is 0.0934 e. The van der Waals surface area contributed by atoms with Gasteiger partial charge in [0.2, 0.25) is 0 Å². The summed E-state index contributed by atoms with van der Waals surface area (Å²) < 4.78 is 5.22. The van der Waals surface area contributed by atoms with Gasteiger partial charge in [-0.05, 0) is 72.8 Å². The molecular formula is C20H32O2. The first-order chi connectivity index (χ1) is 10.3. The third-order valence-electron chi connectivity index (χ3n) is 7.46. The Balaban J connectivity index is 1.87. The Morgan fingerprint density at radius 3 is 2.68 bits per heavy atom. The van der Waals surface area contributed by atoms with E-state index in [-0.39, 0.29) is 10.8 Å². The zero-order valence-electron chi connectivity index (χ0n) is 14.7. The second kappa shape index (κ2) is 5.40. The highest BCUT2D eigenvalue weighted by Crippen LogP contribution is 2.62. The van der Waals surface area contributed by atoms with Gasteiger partial charge in [-0.3, -0.25) is 0 Å². The average Bonchev–Trinajstić information content (AvgIpc) is 2.97. The molecule has 124 valence electrons. The summed E-state index contributed by atoms with van der Waals surface area (Å²) in [6.07, 6.45) is 11.6. The smallest absolute Gasteiger partial charge is 0.0934 e. The Morgan fingerprint density at radius 1 is 1.23 bits per heavy atom. The van der Waals surface area contributed by atoms with Gasteiger partial charge in [0.25, 0.3) is 0 Å². The highest BCUT2D eigenvalue weighted by molar-refractivity contribution is 5.12. The van der Waals surface area contributed by atoms with E-state index in [0.717, 1.165) is 32.1 Å². The van der Waals surface area contributed by atoms with Crippen molar-refractivity contribution in [1.82, 2.24) is 0 Å². The van der Waals surface area contributed by atoms with Gasteiger partial charge in [-0.15, -0.1) is 0 Å². The first-order valence-electron chi connectivity index (χ1n) is 9.03. The second-order valence-electron chi connectivity index (χ2n) is 8.83. The lowest BCUT2D eigenvalue weighted by Gasteiger charge is -2.62. The van der Waals surface area contributed by atoms with Gasteiger partial charge in [0.05, 0.1) is 18.1 Å². The molecule has 0 spiro atoms. The molecule has 0 saturated heterocycles. The predicted octanol–water partition coefficient (Wildman–Crippen LogP) is 5.21. The molecule has 0 unspecified atom stereocenters. The van der Waals surface area contributed by atoms with Crippen LogP contribution in [0.15, 0.2) is 23.0 Å². The van der Waals surface area contributed by atoms with Crippen LogP contribution in [0.3, 0.4) is 0 Å². The highest BCUT2D eigenvalue weighted by atomic mass is 16.3. The Bertz CT molecular complexity index is 504. The Kier molecular flexibility index (Phi) is 3.96. The summed E-state index contributed by atoms with van der Waals surface area (Å²) in [5, 5.41) is 11.6. The van der Waals surface area contributed by atoms with Crippen molar-refractivity contribution >= 4 is 0 Å². The molecule has 4 atom stereocenters. The lowest BCUT2D eigenvalue weighted by molar-refractivity contribution is -0.212. The third kappa shape index (κ3) is 2.35. The summed E-state index contributed by atoms with van der Waals surface area (Å²) in [5.74, 6) is 1.11. The number of aliphatic hydroxyl groups is 1. The van der Waals surface area contributed by atoms with Gasteiger partial charge in [-0.25, -0.2) is 0 Å². The zero-order chi connectivity index (χ0) is 16.0. The first kappa shape index (κ1) is 16.1. The molecule has 2 heteroatoms. The van der Waals surface area contributed by atoms with E-state index in [1.807, 2.05) is 6.26 Å². The minimum absolute atomic E-state index is 0.0486. The number of rotatable bonds is 3. The molecule has 0 bridgehead atoms. The van der Waals surface area contributed by atoms with Crippen LogP contribution in [-0.4, -0.2) is 10.7 Å². The molecule has 2 aliphatic rings. The summed E-state index contributed by atoms with van der Waals surface area (Å²) >= 11 is 0.